The molecule has 20 heavy (non-hydrogen) atoms. The average molecular weight is 296 g/mol. The zero-order valence-corrected chi connectivity index (χ0v) is 12.8. The predicted octanol–water partition coefficient (Wildman–Crippen LogP) is 1.76. The molecule has 2 aromatic heterocycles. The fourth-order valence-corrected chi connectivity index (χ4v) is 1.96. The van der Waals surface area contributed by atoms with E-state index in [2.05, 4.69) is 15.5 Å². The molecule has 1 N–H and O–H groups in total. The van der Waals surface area contributed by atoms with Crippen molar-refractivity contribution in [2.24, 2.45) is 7.05 Å². The van der Waals surface area contributed by atoms with Crippen LogP contribution in [-0.4, -0.2) is 25.5 Å². The fourth-order valence-electron chi connectivity index (χ4n) is 1.83. The number of amides is 1. The Hall–Kier alpha value is -1.82. The summed E-state index contributed by atoms with van der Waals surface area (Å²) in [4.78, 5) is 12.1. The van der Waals surface area contributed by atoms with E-state index in [9.17, 15) is 4.79 Å². The Labute approximate surface area is 122 Å². The molecule has 0 aliphatic rings. The van der Waals surface area contributed by atoms with Gasteiger partial charge in [-0.25, -0.2) is 0 Å². The molecule has 0 spiro atoms. The van der Waals surface area contributed by atoms with Crippen molar-refractivity contribution >= 4 is 17.5 Å². The van der Waals surface area contributed by atoms with Crippen molar-refractivity contribution in [1.29, 1.82) is 0 Å². The summed E-state index contributed by atoms with van der Waals surface area (Å²) in [5.41, 5.74) is 2.76. The first-order valence-electron chi connectivity index (χ1n) is 6.36. The standard InChI is InChI=1S/C13H18ClN5O/c1-8-12(14)7-19(17-8)10(3)13(20)15-5-11-6-16-18(4)9(11)2/h6-7,10H,5H2,1-4H3,(H,15,20). The first kappa shape index (κ1) is 14.6. The molecule has 0 aliphatic heterocycles. The van der Waals surface area contributed by atoms with Crippen LogP contribution in [0.1, 0.15) is 29.9 Å². The number of halogens is 1. The lowest BCUT2D eigenvalue weighted by Gasteiger charge is -2.12. The van der Waals surface area contributed by atoms with Gasteiger partial charge in [-0.3, -0.25) is 14.2 Å². The molecule has 1 unspecified atom stereocenters. The molecule has 0 radical (unpaired) electrons. The van der Waals surface area contributed by atoms with E-state index < -0.39 is 6.04 Å². The van der Waals surface area contributed by atoms with Crippen LogP contribution < -0.4 is 5.32 Å². The Morgan fingerprint density at radius 1 is 1.50 bits per heavy atom. The van der Waals surface area contributed by atoms with Crippen LogP contribution in [0.2, 0.25) is 5.02 Å². The van der Waals surface area contributed by atoms with Gasteiger partial charge in [-0.2, -0.15) is 10.2 Å². The van der Waals surface area contributed by atoms with Crippen LogP contribution in [0.5, 0.6) is 0 Å². The molecule has 2 heterocycles. The highest BCUT2D eigenvalue weighted by atomic mass is 35.5. The van der Waals surface area contributed by atoms with Crippen LogP contribution >= 0.6 is 11.6 Å². The van der Waals surface area contributed by atoms with E-state index in [1.165, 1.54) is 0 Å². The third-order valence-corrected chi connectivity index (χ3v) is 3.79. The first-order chi connectivity index (χ1) is 9.40. The molecule has 1 amide bonds. The van der Waals surface area contributed by atoms with Gasteiger partial charge in [0.2, 0.25) is 5.91 Å². The maximum Gasteiger partial charge on any atom is 0.244 e. The molecule has 0 saturated heterocycles. The van der Waals surface area contributed by atoms with E-state index in [-0.39, 0.29) is 5.91 Å². The van der Waals surface area contributed by atoms with Crippen LogP contribution in [0.4, 0.5) is 0 Å². The van der Waals surface area contributed by atoms with Gasteiger partial charge in [0.1, 0.15) is 6.04 Å². The zero-order chi connectivity index (χ0) is 14.9. The van der Waals surface area contributed by atoms with Gasteiger partial charge >= 0.3 is 0 Å². The number of rotatable bonds is 4. The van der Waals surface area contributed by atoms with Crippen LogP contribution in [0, 0.1) is 13.8 Å². The molecule has 2 aromatic rings. The normalized spacial score (nSPS) is 12.4. The Morgan fingerprint density at radius 3 is 2.70 bits per heavy atom. The number of hydrogen-bond donors (Lipinski definition) is 1. The monoisotopic (exact) mass is 295 g/mol. The summed E-state index contributed by atoms with van der Waals surface area (Å²) in [6, 6.07) is -0.404. The lowest BCUT2D eigenvalue weighted by atomic mass is 10.2. The second-order valence-electron chi connectivity index (χ2n) is 4.82. The summed E-state index contributed by atoms with van der Waals surface area (Å²) in [5, 5.41) is 11.8. The van der Waals surface area contributed by atoms with Crippen molar-refractivity contribution in [3.63, 3.8) is 0 Å². The predicted molar refractivity (Wildman–Crippen MR) is 76.5 cm³/mol. The summed E-state index contributed by atoms with van der Waals surface area (Å²) in [6.07, 6.45) is 3.42. The third-order valence-electron chi connectivity index (χ3n) is 3.42. The minimum absolute atomic E-state index is 0.104. The van der Waals surface area contributed by atoms with Crippen LogP contribution in [0.25, 0.3) is 0 Å². The number of aromatic nitrogens is 4. The number of nitrogens with zero attached hydrogens (tertiary/aromatic N) is 4. The molecule has 0 aliphatic carbocycles. The van der Waals surface area contributed by atoms with Crippen LogP contribution in [-0.2, 0) is 18.4 Å². The molecule has 0 fully saturated rings. The highest BCUT2D eigenvalue weighted by Crippen LogP contribution is 2.16. The van der Waals surface area contributed by atoms with Gasteiger partial charge in [-0.05, 0) is 20.8 Å². The highest BCUT2D eigenvalue weighted by Gasteiger charge is 2.17. The van der Waals surface area contributed by atoms with Gasteiger partial charge in [-0.15, -0.1) is 0 Å². The lowest BCUT2D eigenvalue weighted by Crippen LogP contribution is -2.31. The maximum absolute atomic E-state index is 12.1. The Balaban J connectivity index is 1.99. The lowest BCUT2D eigenvalue weighted by molar-refractivity contribution is -0.124. The SMILES string of the molecule is Cc1nn(C(C)C(=O)NCc2cnn(C)c2C)cc1Cl. The van der Waals surface area contributed by atoms with Gasteiger partial charge in [0.15, 0.2) is 0 Å². The number of hydrogen-bond acceptors (Lipinski definition) is 3. The molecule has 0 bridgehead atoms. The number of carbonyl (C=O) groups is 1. The summed E-state index contributed by atoms with van der Waals surface area (Å²) < 4.78 is 3.35. The zero-order valence-electron chi connectivity index (χ0n) is 12.0. The molecular formula is C13H18ClN5O. The molecular weight excluding hydrogens is 278 g/mol. The largest absolute Gasteiger partial charge is 0.350 e. The summed E-state index contributed by atoms with van der Waals surface area (Å²) in [5.74, 6) is -0.104. The topological polar surface area (TPSA) is 64.7 Å². The molecule has 0 saturated carbocycles. The number of nitrogens with one attached hydrogen (secondary N) is 1. The molecule has 108 valence electrons. The Morgan fingerprint density at radius 2 is 2.20 bits per heavy atom. The van der Waals surface area contributed by atoms with E-state index in [0.717, 1.165) is 17.0 Å². The van der Waals surface area contributed by atoms with Gasteiger partial charge in [0, 0.05) is 31.0 Å². The van der Waals surface area contributed by atoms with Crippen LogP contribution in [0.3, 0.4) is 0 Å². The van der Waals surface area contributed by atoms with Gasteiger partial charge in [0.05, 0.1) is 16.9 Å². The molecule has 0 aromatic carbocycles. The summed E-state index contributed by atoms with van der Waals surface area (Å²) in [7, 11) is 1.87. The van der Waals surface area contributed by atoms with Crippen LogP contribution in [0.15, 0.2) is 12.4 Å². The van der Waals surface area contributed by atoms with Crippen molar-refractivity contribution < 1.29 is 4.79 Å². The minimum atomic E-state index is -0.404. The summed E-state index contributed by atoms with van der Waals surface area (Å²) >= 11 is 5.95. The second kappa shape index (κ2) is 5.66. The van der Waals surface area contributed by atoms with Crippen molar-refractivity contribution in [1.82, 2.24) is 24.9 Å². The summed E-state index contributed by atoms with van der Waals surface area (Å²) in [6.45, 7) is 6.02. The molecule has 1 atom stereocenters. The van der Waals surface area contributed by atoms with Gasteiger partial charge < -0.3 is 5.32 Å². The Kier molecular flexibility index (Phi) is 4.13. The van der Waals surface area contributed by atoms with Gasteiger partial charge in [-0.1, -0.05) is 11.6 Å². The van der Waals surface area contributed by atoms with E-state index in [4.69, 9.17) is 11.6 Å². The average Bonchev–Trinajstić information content (AvgIpc) is 2.91. The number of carbonyl (C=O) groups excluding carboxylic acids is 1. The highest BCUT2D eigenvalue weighted by molar-refractivity contribution is 6.31. The van der Waals surface area contributed by atoms with E-state index in [1.807, 2.05) is 20.9 Å². The maximum atomic E-state index is 12.1. The van der Waals surface area contributed by atoms with Crippen molar-refractivity contribution in [3.05, 3.63) is 34.4 Å². The molecule has 7 heteroatoms. The van der Waals surface area contributed by atoms with E-state index >= 15 is 0 Å². The minimum Gasteiger partial charge on any atom is -0.350 e. The van der Waals surface area contributed by atoms with Crippen molar-refractivity contribution in [2.75, 3.05) is 0 Å². The van der Waals surface area contributed by atoms with Gasteiger partial charge in [0.25, 0.3) is 0 Å². The number of aryl methyl sites for hydroxylation is 2. The molecule has 2 rings (SSSR count). The smallest absolute Gasteiger partial charge is 0.244 e. The molecule has 6 nitrogen and oxygen atoms in total. The van der Waals surface area contributed by atoms with E-state index in [0.29, 0.717) is 11.6 Å². The van der Waals surface area contributed by atoms with Crippen molar-refractivity contribution in [2.45, 2.75) is 33.4 Å². The van der Waals surface area contributed by atoms with Crippen molar-refractivity contribution in [3.8, 4) is 0 Å². The second-order valence-corrected chi connectivity index (χ2v) is 5.22. The van der Waals surface area contributed by atoms with E-state index in [1.54, 1.807) is 28.7 Å². The quantitative estimate of drug-likeness (QED) is 0.935. The first-order valence-corrected chi connectivity index (χ1v) is 6.74. The Bertz CT molecular complexity index is 611. The third kappa shape index (κ3) is 2.85. The fraction of sp³-hybridized carbons (Fsp3) is 0.462.